The molecule has 0 N–H and O–H groups in total. The Hall–Kier alpha value is -3.25. The normalized spacial score (nSPS) is 16.2. The summed E-state index contributed by atoms with van der Waals surface area (Å²) in [4.78, 5) is 31.5. The highest BCUT2D eigenvalue weighted by atomic mass is 32.1. The Bertz CT molecular complexity index is 1320. The van der Waals surface area contributed by atoms with E-state index in [1.165, 1.54) is 18.4 Å². The molecule has 1 aliphatic rings. The number of benzene rings is 2. The largest absolute Gasteiger partial charge is 0.466 e. The maximum atomic E-state index is 13.5. The van der Waals surface area contributed by atoms with Crippen LogP contribution in [0.2, 0.25) is 0 Å². The maximum absolute atomic E-state index is 13.5. The van der Waals surface area contributed by atoms with Gasteiger partial charge in [0.05, 0.1) is 29.0 Å². The third kappa shape index (κ3) is 3.44. The topological polar surface area (TPSA) is 60.7 Å². The minimum Gasteiger partial charge on any atom is -0.466 e. The van der Waals surface area contributed by atoms with Crippen LogP contribution in [0.4, 0.5) is 0 Å². The number of ether oxygens (including phenoxy) is 1. The molecule has 152 valence electrons. The number of nitrogens with zero attached hydrogens (tertiary/aromatic N) is 2. The molecule has 5 nitrogen and oxygen atoms in total. The molecule has 0 spiro atoms. The van der Waals surface area contributed by atoms with Crippen LogP contribution < -0.4 is 14.9 Å². The number of methoxy groups -OCH3 is 1. The van der Waals surface area contributed by atoms with E-state index in [0.29, 0.717) is 27.0 Å². The van der Waals surface area contributed by atoms with Gasteiger partial charge in [-0.3, -0.25) is 9.36 Å². The molecule has 0 unspecified atom stereocenters. The van der Waals surface area contributed by atoms with Crippen molar-refractivity contribution >= 4 is 23.4 Å². The highest BCUT2D eigenvalue weighted by Crippen LogP contribution is 2.31. The molecule has 0 aliphatic carbocycles. The Labute approximate surface area is 178 Å². The van der Waals surface area contributed by atoms with E-state index in [4.69, 9.17) is 4.74 Å². The number of esters is 1. The number of hydrogen-bond donors (Lipinski definition) is 0. The number of aromatic nitrogens is 1. The Morgan fingerprint density at radius 1 is 1.17 bits per heavy atom. The standard InChI is InChI=1S/C24H22N2O3S/c1-4-18-20(23(28)29-3)21(16-11-6-5-7-12-16)26-22(27)19(30-24(26)25-18)14-17-13-9-8-10-15(17)2/h5-14,21H,4H2,1-3H3/b19-14-/t21-/m0/s1. The maximum Gasteiger partial charge on any atom is 0.338 e. The van der Waals surface area contributed by atoms with Crippen LogP contribution in [0.15, 0.2) is 75.7 Å². The molecule has 6 heteroatoms. The lowest BCUT2D eigenvalue weighted by molar-refractivity contribution is -0.136. The van der Waals surface area contributed by atoms with Gasteiger partial charge in [0.25, 0.3) is 5.56 Å². The van der Waals surface area contributed by atoms with Gasteiger partial charge in [-0.05, 0) is 36.1 Å². The molecule has 0 saturated heterocycles. The highest BCUT2D eigenvalue weighted by Gasteiger charge is 2.33. The summed E-state index contributed by atoms with van der Waals surface area (Å²) in [5.74, 6) is -0.461. The Morgan fingerprint density at radius 2 is 1.87 bits per heavy atom. The van der Waals surface area contributed by atoms with E-state index in [2.05, 4.69) is 4.99 Å². The minimum absolute atomic E-state index is 0.160. The molecular weight excluding hydrogens is 396 g/mol. The number of carbonyl (C=O) groups is 1. The Balaban J connectivity index is 2.02. The molecule has 0 fully saturated rings. The average Bonchev–Trinajstić information content (AvgIpc) is 3.09. The molecule has 3 aromatic rings. The number of allylic oxidation sites excluding steroid dienone is 1. The first-order valence-electron chi connectivity index (χ1n) is 9.78. The average molecular weight is 419 g/mol. The second-order valence-corrected chi connectivity index (χ2v) is 8.06. The van der Waals surface area contributed by atoms with Crippen molar-refractivity contribution < 1.29 is 9.53 Å². The van der Waals surface area contributed by atoms with Crippen molar-refractivity contribution in [3.05, 3.63) is 102 Å². The summed E-state index contributed by atoms with van der Waals surface area (Å²) in [7, 11) is 1.36. The molecule has 0 amide bonds. The van der Waals surface area contributed by atoms with E-state index in [0.717, 1.165) is 16.7 Å². The van der Waals surface area contributed by atoms with Crippen molar-refractivity contribution in [1.82, 2.24) is 4.57 Å². The number of carbonyl (C=O) groups excluding carboxylic acids is 1. The van der Waals surface area contributed by atoms with Crippen molar-refractivity contribution in [1.29, 1.82) is 0 Å². The fraction of sp³-hybridized carbons (Fsp3) is 0.208. The van der Waals surface area contributed by atoms with Gasteiger partial charge in [-0.15, -0.1) is 0 Å². The van der Waals surface area contributed by atoms with E-state index in [-0.39, 0.29) is 5.56 Å². The number of hydrogen-bond acceptors (Lipinski definition) is 5. The molecule has 0 radical (unpaired) electrons. The van der Waals surface area contributed by atoms with E-state index in [9.17, 15) is 9.59 Å². The van der Waals surface area contributed by atoms with E-state index in [1.54, 1.807) is 4.57 Å². The molecule has 4 rings (SSSR count). The van der Waals surface area contributed by atoms with Crippen LogP contribution in [-0.4, -0.2) is 17.6 Å². The van der Waals surface area contributed by atoms with Gasteiger partial charge >= 0.3 is 5.97 Å². The molecule has 0 saturated carbocycles. The summed E-state index contributed by atoms with van der Waals surface area (Å²) in [6, 6.07) is 16.9. The van der Waals surface area contributed by atoms with Crippen LogP contribution in [0.25, 0.3) is 6.08 Å². The summed E-state index contributed by atoms with van der Waals surface area (Å²) < 4.78 is 7.28. The lowest BCUT2D eigenvalue weighted by Gasteiger charge is -2.25. The van der Waals surface area contributed by atoms with E-state index >= 15 is 0 Å². The Kier molecular flexibility index (Phi) is 5.50. The van der Waals surface area contributed by atoms with E-state index < -0.39 is 12.0 Å². The number of fused-ring (bicyclic) bond motifs is 1. The van der Waals surface area contributed by atoms with Crippen molar-refractivity contribution in [2.24, 2.45) is 4.99 Å². The molecule has 2 heterocycles. The van der Waals surface area contributed by atoms with Gasteiger partial charge < -0.3 is 4.74 Å². The summed E-state index contributed by atoms with van der Waals surface area (Å²) >= 11 is 1.35. The fourth-order valence-electron chi connectivity index (χ4n) is 3.70. The molecule has 1 aliphatic heterocycles. The van der Waals surface area contributed by atoms with Crippen LogP contribution in [0.1, 0.15) is 36.1 Å². The molecule has 30 heavy (non-hydrogen) atoms. The predicted molar refractivity (Wildman–Crippen MR) is 118 cm³/mol. The minimum atomic E-state index is -0.566. The number of aryl methyl sites for hydroxylation is 1. The predicted octanol–water partition coefficient (Wildman–Crippen LogP) is 3.11. The molecule has 2 aromatic carbocycles. The van der Waals surface area contributed by atoms with Gasteiger partial charge in [0.1, 0.15) is 0 Å². The SMILES string of the molecule is CCC1=C(C(=O)OC)[C@H](c2ccccc2)n2c(s/c(=C\c3ccccc3C)c2=O)=N1. The first-order chi connectivity index (χ1) is 14.5. The van der Waals surface area contributed by atoms with Crippen molar-refractivity contribution in [2.75, 3.05) is 7.11 Å². The molecule has 1 atom stereocenters. The molecule has 0 bridgehead atoms. The first-order valence-corrected chi connectivity index (χ1v) is 10.6. The van der Waals surface area contributed by atoms with Gasteiger partial charge in [0.2, 0.25) is 0 Å². The van der Waals surface area contributed by atoms with Crippen molar-refractivity contribution in [3.63, 3.8) is 0 Å². The van der Waals surface area contributed by atoms with Gasteiger partial charge in [-0.1, -0.05) is 72.9 Å². The van der Waals surface area contributed by atoms with Gasteiger partial charge in [-0.25, -0.2) is 9.79 Å². The summed E-state index contributed by atoms with van der Waals surface area (Å²) in [6.07, 6.45) is 2.46. The van der Waals surface area contributed by atoms with Crippen LogP contribution in [-0.2, 0) is 9.53 Å². The van der Waals surface area contributed by atoms with Crippen LogP contribution in [0.3, 0.4) is 0 Å². The second-order valence-electron chi connectivity index (χ2n) is 7.06. The zero-order valence-corrected chi connectivity index (χ0v) is 17.9. The zero-order chi connectivity index (χ0) is 21.3. The second kappa shape index (κ2) is 8.24. The van der Waals surface area contributed by atoms with Crippen molar-refractivity contribution in [2.45, 2.75) is 26.3 Å². The zero-order valence-electron chi connectivity index (χ0n) is 17.1. The molecule has 1 aromatic heterocycles. The smallest absolute Gasteiger partial charge is 0.338 e. The van der Waals surface area contributed by atoms with Crippen molar-refractivity contribution in [3.8, 4) is 0 Å². The lowest BCUT2D eigenvalue weighted by atomic mass is 9.95. The number of thiazole rings is 1. The quantitative estimate of drug-likeness (QED) is 0.612. The van der Waals surface area contributed by atoms with Gasteiger partial charge in [-0.2, -0.15) is 0 Å². The van der Waals surface area contributed by atoms with Crippen LogP contribution in [0, 0.1) is 6.92 Å². The van der Waals surface area contributed by atoms with Gasteiger partial charge in [0, 0.05) is 0 Å². The highest BCUT2D eigenvalue weighted by molar-refractivity contribution is 7.07. The fourth-order valence-corrected chi connectivity index (χ4v) is 4.72. The Morgan fingerprint density at radius 3 is 2.53 bits per heavy atom. The van der Waals surface area contributed by atoms with Crippen LogP contribution in [0.5, 0.6) is 0 Å². The summed E-state index contributed by atoms with van der Waals surface area (Å²) in [5.41, 5.74) is 3.84. The summed E-state index contributed by atoms with van der Waals surface area (Å²) in [6.45, 7) is 3.96. The monoisotopic (exact) mass is 418 g/mol. The first kappa shape index (κ1) is 20.0. The lowest BCUT2D eigenvalue weighted by Crippen LogP contribution is -2.40. The summed E-state index contributed by atoms with van der Waals surface area (Å²) in [5, 5.41) is 0. The third-order valence-corrected chi connectivity index (χ3v) is 6.22. The third-order valence-electron chi connectivity index (χ3n) is 5.24. The van der Waals surface area contributed by atoms with Crippen LogP contribution >= 0.6 is 11.3 Å². The number of rotatable bonds is 4. The van der Waals surface area contributed by atoms with Gasteiger partial charge in [0.15, 0.2) is 4.80 Å². The molecular formula is C24H22N2O3S. The van der Waals surface area contributed by atoms with E-state index in [1.807, 2.05) is 74.5 Å².